The summed E-state index contributed by atoms with van der Waals surface area (Å²) in [5.41, 5.74) is 2.18. The summed E-state index contributed by atoms with van der Waals surface area (Å²) in [6.45, 7) is 6.51. The largest absolute Gasteiger partial charge is 0.322 e. The molecule has 0 aliphatic rings. The van der Waals surface area contributed by atoms with Crippen LogP contribution in [0, 0.1) is 0 Å². The van der Waals surface area contributed by atoms with Crippen molar-refractivity contribution in [2.45, 2.75) is 31.1 Å². The molecule has 0 atom stereocenters. The molecule has 0 bridgehead atoms. The first-order chi connectivity index (χ1) is 10.4. The molecule has 22 heavy (non-hydrogen) atoms. The first-order valence-electron chi connectivity index (χ1n) is 7.25. The van der Waals surface area contributed by atoms with Gasteiger partial charge in [0.05, 0.1) is 0 Å². The van der Waals surface area contributed by atoms with Gasteiger partial charge in [0.25, 0.3) is 0 Å². The first-order valence-corrected chi connectivity index (χ1v) is 8.13. The number of anilines is 1. The average molecular weight is 311 g/mol. The van der Waals surface area contributed by atoms with Gasteiger partial charge in [0, 0.05) is 16.7 Å². The minimum Gasteiger partial charge on any atom is -0.322 e. The van der Waals surface area contributed by atoms with Gasteiger partial charge in [-0.2, -0.15) is 0 Å². The quantitative estimate of drug-likeness (QED) is 0.619. The van der Waals surface area contributed by atoms with Crippen LogP contribution in [0.5, 0.6) is 0 Å². The Bertz CT molecular complexity index is 639. The maximum absolute atomic E-state index is 11.9. The van der Waals surface area contributed by atoms with Gasteiger partial charge in [0.1, 0.15) is 0 Å². The van der Waals surface area contributed by atoms with Crippen LogP contribution in [0.2, 0.25) is 0 Å². The molecule has 2 aromatic rings. The number of carbonyl (C=O) groups excluding carboxylic acids is 1. The van der Waals surface area contributed by atoms with Gasteiger partial charge >= 0.3 is 0 Å². The molecule has 3 heteroatoms. The number of rotatable bonds is 4. The van der Waals surface area contributed by atoms with Crippen LogP contribution in [0.1, 0.15) is 26.3 Å². The van der Waals surface area contributed by atoms with Crippen molar-refractivity contribution in [2.24, 2.45) is 0 Å². The first kappa shape index (κ1) is 16.4. The van der Waals surface area contributed by atoms with Crippen LogP contribution in [-0.4, -0.2) is 5.91 Å². The van der Waals surface area contributed by atoms with Crippen molar-refractivity contribution in [3.05, 3.63) is 71.6 Å². The Morgan fingerprint density at radius 3 is 2.23 bits per heavy atom. The molecule has 0 aliphatic heterocycles. The summed E-state index contributed by atoms with van der Waals surface area (Å²) >= 11 is 1.52. The molecular weight excluding hydrogens is 290 g/mol. The van der Waals surface area contributed by atoms with E-state index in [2.05, 4.69) is 38.2 Å². The van der Waals surface area contributed by atoms with Crippen molar-refractivity contribution in [3.8, 4) is 0 Å². The third-order valence-electron chi connectivity index (χ3n) is 3.19. The minimum absolute atomic E-state index is 0.119. The highest BCUT2D eigenvalue weighted by Gasteiger charge is 2.12. The molecule has 0 aromatic heterocycles. The predicted molar refractivity (Wildman–Crippen MR) is 95.2 cm³/mol. The van der Waals surface area contributed by atoms with Crippen LogP contribution >= 0.6 is 11.8 Å². The van der Waals surface area contributed by atoms with Crippen LogP contribution in [0.25, 0.3) is 0 Å². The van der Waals surface area contributed by atoms with Crippen LogP contribution in [0.3, 0.4) is 0 Å². The molecule has 0 unspecified atom stereocenters. The van der Waals surface area contributed by atoms with E-state index in [1.165, 1.54) is 17.3 Å². The average Bonchev–Trinajstić information content (AvgIpc) is 2.48. The maximum atomic E-state index is 11.9. The van der Waals surface area contributed by atoms with E-state index in [1.807, 2.05) is 42.5 Å². The van der Waals surface area contributed by atoms with Gasteiger partial charge in [0.2, 0.25) is 5.91 Å². The summed E-state index contributed by atoms with van der Waals surface area (Å²) < 4.78 is 0. The number of thioether (sulfide) groups is 1. The Morgan fingerprint density at radius 2 is 1.64 bits per heavy atom. The highest BCUT2D eigenvalue weighted by molar-refractivity contribution is 8.02. The second-order valence-electron chi connectivity index (χ2n) is 6.05. The number of benzene rings is 2. The SMILES string of the molecule is CC(C)(C)c1ccc(NC(=O)C=CSc2ccccc2)cc1. The van der Waals surface area contributed by atoms with E-state index in [1.54, 1.807) is 11.5 Å². The molecule has 2 rings (SSSR count). The number of hydrogen-bond acceptors (Lipinski definition) is 2. The Morgan fingerprint density at radius 1 is 1.00 bits per heavy atom. The Balaban J connectivity index is 1.89. The molecule has 0 aliphatic carbocycles. The molecule has 0 spiro atoms. The van der Waals surface area contributed by atoms with E-state index in [0.29, 0.717) is 0 Å². The van der Waals surface area contributed by atoms with Crippen LogP contribution in [0.15, 0.2) is 71.0 Å². The standard InChI is InChI=1S/C19H21NOS/c1-19(2,3)15-9-11-16(12-10-15)20-18(21)13-14-22-17-7-5-4-6-8-17/h4-14H,1-3H3,(H,20,21). The zero-order chi connectivity index (χ0) is 16.0. The molecule has 1 N–H and O–H groups in total. The van der Waals surface area contributed by atoms with E-state index in [-0.39, 0.29) is 11.3 Å². The van der Waals surface area contributed by atoms with Gasteiger partial charge in [-0.05, 0) is 40.7 Å². The highest BCUT2D eigenvalue weighted by Crippen LogP contribution is 2.23. The smallest absolute Gasteiger partial charge is 0.248 e. The molecule has 0 radical (unpaired) electrons. The molecular formula is C19H21NOS. The summed E-state index contributed by atoms with van der Waals surface area (Å²) in [5.74, 6) is -0.119. The lowest BCUT2D eigenvalue weighted by Crippen LogP contribution is -2.12. The van der Waals surface area contributed by atoms with E-state index >= 15 is 0 Å². The van der Waals surface area contributed by atoms with E-state index in [9.17, 15) is 4.79 Å². The van der Waals surface area contributed by atoms with E-state index in [0.717, 1.165) is 10.6 Å². The van der Waals surface area contributed by atoms with Crippen LogP contribution in [-0.2, 0) is 10.2 Å². The fourth-order valence-corrected chi connectivity index (χ4v) is 2.57. The summed E-state index contributed by atoms with van der Waals surface area (Å²) in [6, 6.07) is 17.9. The maximum Gasteiger partial charge on any atom is 0.248 e. The Kier molecular flexibility index (Phi) is 5.45. The zero-order valence-corrected chi connectivity index (χ0v) is 14.0. The number of nitrogens with one attached hydrogen (secondary N) is 1. The van der Waals surface area contributed by atoms with Crippen molar-refractivity contribution >= 4 is 23.4 Å². The van der Waals surface area contributed by atoms with Gasteiger partial charge in [-0.15, -0.1) is 0 Å². The number of amides is 1. The van der Waals surface area contributed by atoms with Gasteiger partial charge in [-0.25, -0.2) is 0 Å². The minimum atomic E-state index is -0.119. The topological polar surface area (TPSA) is 29.1 Å². The lowest BCUT2D eigenvalue weighted by atomic mass is 9.87. The van der Waals surface area contributed by atoms with E-state index < -0.39 is 0 Å². The molecule has 0 fully saturated rings. The molecule has 0 saturated carbocycles. The number of hydrogen-bond donors (Lipinski definition) is 1. The third kappa shape index (κ3) is 5.08. The summed E-state index contributed by atoms with van der Waals surface area (Å²) in [4.78, 5) is 13.0. The highest BCUT2D eigenvalue weighted by atomic mass is 32.2. The van der Waals surface area contributed by atoms with Gasteiger partial charge < -0.3 is 5.32 Å². The Hall–Kier alpha value is -2.00. The van der Waals surface area contributed by atoms with Crippen molar-refractivity contribution in [1.29, 1.82) is 0 Å². The van der Waals surface area contributed by atoms with Crippen molar-refractivity contribution in [3.63, 3.8) is 0 Å². The summed E-state index contributed by atoms with van der Waals surface area (Å²) in [7, 11) is 0. The molecule has 114 valence electrons. The lowest BCUT2D eigenvalue weighted by Gasteiger charge is -2.19. The number of carbonyl (C=O) groups is 1. The third-order valence-corrected chi connectivity index (χ3v) is 4.00. The fourth-order valence-electron chi connectivity index (χ4n) is 1.91. The summed E-state index contributed by atoms with van der Waals surface area (Å²) in [6.07, 6.45) is 1.55. The Labute approximate surface area is 136 Å². The zero-order valence-electron chi connectivity index (χ0n) is 13.2. The summed E-state index contributed by atoms with van der Waals surface area (Å²) in [5, 5.41) is 4.67. The van der Waals surface area contributed by atoms with E-state index in [4.69, 9.17) is 0 Å². The van der Waals surface area contributed by atoms with Crippen LogP contribution < -0.4 is 5.32 Å². The monoisotopic (exact) mass is 311 g/mol. The second kappa shape index (κ2) is 7.32. The molecule has 2 nitrogen and oxygen atoms in total. The van der Waals surface area contributed by atoms with Gasteiger partial charge in [0.15, 0.2) is 0 Å². The van der Waals surface area contributed by atoms with Crippen molar-refractivity contribution in [2.75, 3.05) is 5.32 Å². The second-order valence-corrected chi connectivity index (χ2v) is 7.03. The van der Waals surface area contributed by atoms with Gasteiger partial charge in [-0.3, -0.25) is 4.79 Å². The lowest BCUT2D eigenvalue weighted by molar-refractivity contribution is -0.111. The predicted octanol–water partition coefficient (Wildman–Crippen LogP) is 5.23. The van der Waals surface area contributed by atoms with Gasteiger partial charge in [-0.1, -0.05) is 62.9 Å². The fraction of sp³-hybridized carbons (Fsp3) is 0.211. The molecule has 0 heterocycles. The van der Waals surface area contributed by atoms with Crippen molar-refractivity contribution in [1.82, 2.24) is 0 Å². The molecule has 2 aromatic carbocycles. The normalized spacial score (nSPS) is 11.6. The van der Waals surface area contributed by atoms with Crippen LogP contribution in [0.4, 0.5) is 5.69 Å². The molecule has 1 amide bonds. The molecule has 0 saturated heterocycles. The van der Waals surface area contributed by atoms with Crippen molar-refractivity contribution < 1.29 is 4.79 Å².